The van der Waals surface area contributed by atoms with Gasteiger partial charge >= 0.3 is 5.97 Å². The molecule has 0 bridgehead atoms. The molecule has 0 fully saturated rings. The lowest BCUT2D eigenvalue weighted by atomic mass is 9.87. The number of benzene rings is 1. The van der Waals surface area contributed by atoms with Gasteiger partial charge in [0, 0.05) is 18.5 Å². The topological polar surface area (TPSA) is 112 Å². The summed E-state index contributed by atoms with van der Waals surface area (Å²) in [7, 11) is 0. The summed E-state index contributed by atoms with van der Waals surface area (Å²) in [4.78, 5) is 23.2. The van der Waals surface area contributed by atoms with E-state index in [1.54, 1.807) is 6.92 Å². The van der Waals surface area contributed by atoms with Crippen LogP contribution in [0.4, 0.5) is 0 Å². The number of hydrogen-bond donors (Lipinski definition) is 2. The third kappa shape index (κ3) is 6.77. The molecule has 0 saturated heterocycles. The van der Waals surface area contributed by atoms with Gasteiger partial charge in [0.25, 0.3) is 0 Å². The number of aromatic nitrogens is 3. The number of esters is 1. The summed E-state index contributed by atoms with van der Waals surface area (Å²) in [6.45, 7) is 9.01. The Morgan fingerprint density at radius 1 is 1.21 bits per heavy atom. The van der Waals surface area contributed by atoms with Crippen molar-refractivity contribution in [1.29, 1.82) is 0 Å². The second-order valence-corrected chi connectivity index (χ2v) is 8.49. The third-order valence-electron chi connectivity index (χ3n) is 4.19. The van der Waals surface area contributed by atoms with Crippen LogP contribution in [0.15, 0.2) is 29.4 Å². The van der Waals surface area contributed by atoms with E-state index in [0.717, 1.165) is 5.56 Å². The zero-order valence-corrected chi connectivity index (χ0v) is 18.2. The number of thioether (sulfide) groups is 1. The van der Waals surface area contributed by atoms with Crippen LogP contribution in [0.25, 0.3) is 11.4 Å². The first kappa shape index (κ1) is 22.7. The summed E-state index contributed by atoms with van der Waals surface area (Å²) < 4.78 is 6.24. The van der Waals surface area contributed by atoms with Crippen LogP contribution >= 0.6 is 11.8 Å². The molecule has 158 valence electrons. The molecule has 3 N–H and O–H groups in total. The quantitative estimate of drug-likeness (QED) is 0.278. The lowest BCUT2D eigenvalue weighted by molar-refractivity contribution is -0.143. The molecule has 0 atom stereocenters. The molecule has 2 aromatic rings. The summed E-state index contributed by atoms with van der Waals surface area (Å²) in [5.74, 6) is 6.42. The van der Waals surface area contributed by atoms with Crippen molar-refractivity contribution in [2.45, 2.75) is 51.1 Å². The average Bonchev–Trinajstić information content (AvgIpc) is 3.04. The molecule has 29 heavy (non-hydrogen) atoms. The number of carbonyl (C=O) groups is 2. The van der Waals surface area contributed by atoms with E-state index in [9.17, 15) is 9.59 Å². The van der Waals surface area contributed by atoms with Crippen molar-refractivity contribution in [3.63, 3.8) is 0 Å². The summed E-state index contributed by atoms with van der Waals surface area (Å²) >= 11 is 1.21. The summed E-state index contributed by atoms with van der Waals surface area (Å²) in [5, 5.41) is 11.5. The molecule has 1 heterocycles. The smallest absolute Gasteiger partial charge is 0.305 e. The minimum Gasteiger partial charge on any atom is -0.466 e. The van der Waals surface area contributed by atoms with E-state index in [0.29, 0.717) is 30.6 Å². The van der Waals surface area contributed by atoms with Gasteiger partial charge in [-0.1, -0.05) is 56.8 Å². The Morgan fingerprint density at radius 3 is 2.52 bits per heavy atom. The van der Waals surface area contributed by atoms with Crippen LogP contribution in [0.3, 0.4) is 0 Å². The van der Waals surface area contributed by atoms with Crippen molar-refractivity contribution in [1.82, 2.24) is 20.2 Å². The Morgan fingerprint density at radius 2 is 1.90 bits per heavy atom. The van der Waals surface area contributed by atoms with Gasteiger partial charge in [-0.25, -0.2) is 4.68 Å². The number of ether oxygens (including phenoxy) is 1. The van der Waals surface area contributed by atoms with Crippen molar-refractivity contribution < 1.29 is 14.3 Å². The first-order chi connectivity index (χ1) is 13.7. The van der Waals surface area contributed by atoms with Crippen molar-refractivity contribution in [3.8, 4) is 11.4 Å². The number of hydrogen-bond acceptors (Lipinski definition) is 7. The molecule has 0 spiro atoms. The molecule has 0 radical (unpaired) electrons. The second kappa shape index (κ2) is 10.3. The number of nitrogens with zero attached hydrogens (tertiary/aromatic N) is 3. The molecule has 8 nitrogen and oxygen atoms in total. The number of nitrogen functional groups attached to an aromatic ring is 1. The molecule has 0 saturated carbocycles. The third-order valence-corrected chi connectivity index (χ3v) is 5.13. The average molecular weight is 420 g/mol. The van der Waals surface area contributed by atoms with Crippen LogP contribution in [0.2, 0.25) is 0 Å². The first-order valence-corrected chi connectivity index (χ1v) is 10.6. The van der Waals surface area contributed by atoms with Gasteiger partial charge in [-0.05, 0) is 24.3 Å². The molecule has 0 unspecified atom stereocenters. The van der Waals surface area contributed by atoms with Gasteiger partial charge in [0.05, 0.1) is 12.4 Å². The van der Waals surface area contributed by atoms with Crippen molar-refractivity contribution in [2.24, 2.45) is 0 Å². The van der Waals surface area contributed by atoms with E-state index in [4.69, 9.17) is 10.6 Å². The number of nitrogens with two attached hydrogens (primary N) is 1. The molecule has 2 rings (SSSR count). The lowest BCUT2D eigenvalue weighted by Crippen LogP contribution is -2.27. The molecular weight excluding hydrogens is 390 g/mol. The number of carbonyl (C=O) groups excluding carboxylic acids is 2. The van der Waals surface area contributed by atoms with Gasteiger partial charge < -0.3 is 15.9 Å². The van der Waals surface area contributed by atoms with Crippen LogP contribution in [0.1, 0.15) is 46.1 Å². The van der Waals surface area contributed by atoms with E-state index < -0.39 is 0 Å². The highest BCUT2D eigenvalue weighted by molar-refractivity contribution is 7.99. The summed E-state index contributed by atoms with van der Waals surface area (Å²) in [6.07, 6.45) is 0.826. The summed E-state index contributed by atoms with van der Waals surface area (Å²) in [6, 6.07) is 8.05. The minimum atomic E-state index is -0.254. The Balaban J connectivity index is 1.85. The van der Waals surface area contributed by atoms with E-state index in [-0.39, 0.29) is 29.5 Å². The second-order valence-electron chi connectivity index (χ2n) is 7.55. The fourth-order valence-electron chi connectivity index (χ4n) is 2.57. The minimum absolute atomic E-state index is 0.0691. The van der Waals surface area contributed by atoms with Crippen LogP contribution in [0.5, 0.6) is 0 Å². The fourth-order valence-corrected chi connectivity index (χ4v) is 3.25. The van der Waals surface area contributed by atoms with Gasteiger partial charge in [0.1, 0.15) is 0 Å². The molecule has 9 heteroatoms. The predicted molar refractivity (Wildman–Crippen MR) is 114 cm³/mol. The molecule has 1 amide bonds. The Hall–Kier alpha value is -2.55. The maximum Gasteiger partial charge on any atom is 0.305 e. The highest BCUT2D eigenvalue weighted by Gasteiger charge is 2.16. The monoisotopic (exact) mass is 419 g/mol. The van der Waals surface area contributed by atoms with Crippen LogP contribution < -0.4 is 11.2 Å². The largest absolute Gasteiger partial charge is 0.466 e. The molecule has 1 aromatic carbocycles. The zero-order valence-electron chi connectivity index (χ0n) is 17.4. The first-order valence-electron chi connectivity index (χ1n) is 9.59. The highest BCUT2D eigenvalue weighted by Crippen LogP contribution is 2.26. The molecule has 0 aliphatic carbocycles. The number of amides is 1. The van der Waals surface area contributed by atoms with Crippen LogP contribution in [-0.4, -0.2) is 45.7 Å². The molecule has 1 aromatic heterocycles. The Bertz CT molecular complexity index is 828. The Labute approximate surface area is 175 Å². The molecule has 0 aliphatic heterocycles. The number of rotatable bonds is 9. The van der Waals surface area contributed by atoms with Gasteiger partial charge in [-0.3, -0.25) is 9.59 Å². The van der Waals surface area contributed by atoms with Crippen molar-refractivity contribution in [3.05, 3.63) is 29.8 Å². The van der Waals surface area contributed by atoms with Crippen LogP contribution in [-0.2, 0) is 19.7 Å². The van der Waals surface area contributed by atoms with Crippen molar-refractivity contribution >= 4 is 23.6 Å². The van der Waals surface area contributed by atoms with Gasteiger partial charge in [-0.2, -0.15) is 0 Å². The normalized spacial score (nSPS) is 11.3. The SMILES string of the molecule is CCOC(=O)CCCNC(=O)CSc1nnc(-c2ccc(C(C)(C)C)cc2)n1N. The summed E-state index contributed by atoms with van der Waals surface area (Å²) in [5.41, 5.74) is 2.15. The van der Waals surface area contributed by atoms with Gasteiger partial charge in [0.2, 0.25) is 11.1 Å². The van der Waals surface area contributed by atoms with Gasteiger partial charge in [-0.15, -0.1) is 10.2 Å². The maximum absolute atomic E-state index is 12.0. The molecular formula is C20H29N5O3S. The van der Waals surface area contributed by atoms with E-state index in [1.807, 2.05) is 12.1 Å². The van der Waals surface area contributed by atoms with Crippen LogP contribution in [0, 0.1) is 0 Å². The lowest BCUT2D eigenvalue weighted by Gasteiger charge is -2.19. The highest BCUT2D eigenvalue weighted by atomic mass is 32.2. The maximum atomic E-state index is 12.0. The standard InChI is InChI=1S/C20H29N5O3S/c1-5-28-17(27)7-6-12-22-16(26)13-29-19-24-23-18(25(19)21)14-8-10-15(11-9-14)20(2,3)4/h8-11H,5-7,12-13,21H2,1-4H3,(H,22,26). The number of nitrogens with one attached hydrogen (secondary N) is 1. The van der Waals surface area contributed by atoms with E-state index >= 15 is 0 Å². The van der Waals surface area contributed by atoms with E-state index in [2.05, 4.69) is 48.4 Å². The van der Waals surface area contributed by atoms with E-state index in [1.165, 1.54) is 22.0 Å². The van der Waals surface area contributed by atoms with Gasteiger partial charge in [0.15, 0.2) is 5.82 Å². The predicted octanol–water partition coefficient (Wildman–Crippen LogP) is 2.51. The zero-order chi connectivity index (χ0) is 21.4. The molecule has 0 aliphatic rings. The fraction of sp³-hybridized carbons (Fsp3) is 0.500. The van der Waals surface area contributed by atoms with Crippen molar-refractivity contribution in [2.75, 3.05) is 24.7 Å². The Kier molecular flexibility index (Phi) is 8.07.